The summed E-state index contributed by atoms with van der Waals surface area (Å²) in [4.78, 5) is 0. The van der Waals surface area contributed by atoms with E-state index in [4.69, 9.17) is 0 Å². The smallest absolute Gasteiger partial charge is 0.128 e. The van der Waals surface area contributed by atoms with Crippen LogP contribution in [0.4, 0.5) is 4.39 Å². The number of aromatic nitrogens is 3. The minimum atomic E-state index is -0.197. The van der Waals surface area contributed by atoms with Gasteiger partial charge in [0.2, 0.25) is 0 Å². The van der Waals surface area contributed by atoms with Gasteiger partial charge in [0.15, 0.2) is 0 Å². The number of hydrogen-bond donors (Lipinski definition) is 1. The quantitative estimate of drug-likeness (QED) is 0.824. The Hall–Kier alpha value is -1.75. The predicted octanol–water partition coefficient (Wildman–Crippen LogP) is 2.12. The molecule has 96 valence electrons. The lowest BCUT2D eigenvalue weighted by Gasteiger charge is -2.07. The van der Waals surface area contributed by atoms with Crippen molar-refractivity contribution in [2.24, 2.45) is 7.05 Å². The molecule has 0 fully saturated rings. The van der Waals surface area contributed by atoms with Crippen LogP contribution in [-0.2, 0) is 13.6 Å². The van der Waals surface area contributed by atoms with E-state index in [1.165, 1.54) is 6.07 Å². The van der Waals surface area contributed by atoms with Crippen LogP contribution in [0.1, 0.15) is 18.9 Å². The molecule has 0 aliphatic heterocycles. The van der Waals surface area contributed by atoms with Gasteiger partial charge in [0, 0.05) is 24.7 Å². The first-order valence-corrected chi connectivity index (χ1v) is 6.06. The van der Waals surface area contributed by atoms with E-state index in [1.807, 2.05) is 6.07 Å². The Morgan fingerprint density at radius 2 is 2.22 bits per heavy atom. The lowest BCUT2D eigenvalue weighted by Crippen LogP contribution is -2.14. The normalized spacial score (nSPS) is 10.8. The minimum Gasteiger partial charge on any atom is -0.313 e. The van der Waals surface area contributed by atoms with Crippen molar-refractivity contribution in [3.63, 3.8) is 0 Å². The molecule has 0 aliphatic rings. The summed E-state index contributed by atoms with van der Waals surface area (Å²) in [5.74, 6) is -0.197. The summed E-state index contributed by atoms with van der Waals surface area (Å²) in [5, 5.41) is 10.8. The van der Waals surface area contributed by atoms with Gasteiger partial charge in [-0.1, -0.05) is 24.3 Å². The topological polar surface area (TPSA) is 42.7 Å². The molecule has 0 atom stereocenters. The molecule has 0 radical (unpaired) electrons. The summed E-state index contributed by atoms with van der Waals surface area (Å²) in [7, 11) is 1.79. The van der Waals surface area contributed by atoms with Crippen LogP contribution in [0.25, 0.3) is 11.3 Å². The molecule has 1 N–H and O–H groups in total. The summed E-state index contributed by atoms with van der Waals surface area (Å²) >= 11 is 0. The number of benzene rings is 1. The molecule has 5 heteroatoms. The predicted molar refractivity (Wildman–Crippen MR) is 68.4 cm³/mol. The second-order valence-corrected chi connectivity index (χ2v) is 4.23. The summed E-state index contributed by atoms with van der Waals surface area (Å²) < 4.78 is 15.5. The molecule has 4 nitrogen and oxygen atoms in total. The maximum atomic E-state index is 13.9. The van der Waals surface area contributed by atoms with Gasteiger partial charge in [0.1, 0.15) is 5.82 Å². The molecule has 1 aromatic carbocycles. The molecular formula is C13H17FN4. The van der Waals surface area contributed by atoms with E-state index < -0.39 is 0 Å². The lowest BCUT2D eigenvalue weighted by molar-refractivity contribution is 0.586. The fourth-order valence-corrected chi connectivity index (χ4v) is 1.80. The van der Waals surface area contributed by atoms with Crippen molar-refractivity contribution in [1.82, 2.24) is 20.3 Å². The monoisotopic (exact) mass is 248 g/mol. The SMILES string of the molecule is CCCNCc1ccc(-c2cnnn2C)cc1F. The average molecular weight is 248 g/mol. The van der Waals surface area contributed by atoms with E-state index in [9.17, 15) is 4.39 Å². The van der Waals surface area contributed by atoms with Crippen LogP contribution in [0.2, 0.25) is 0 Å². The van der Waals surface area contributed by atoms with Gasteiger partial charge >= 0.3 is 0 Å². The summed E-state index contributed by atoms with van der Waals surface area (Å²) in [6, 6.07) is 5.23. The maximum Gasteiger partial charge on any atom is 0.128 e. The molecule has 2 rings (SSSR count). The lowest BCUT2D eigenvalue weighted by atomic mass is 10.1. The molecule has 1 aromatic heterocycles. The van der Waals surface area contributed by atoms with E-state index in [0.717, 1.165) is 24.2 Å². The zero-order chi connectivity index (χ0) is 13.0. The highest BCUT2D eigenvalue weighted by Gasteiger charge is 2.07. The van der Waals surface area contributed by atoms with Crippen LogP contribution < -0.4 is 5.32 Å². The Kier molecular flexibility index (Phi) is 4.04. The van der Waals surface area contributed by atoms with Crippen LogP contribution in [0.15, 0.2) is 24.4 Å². The highest BCUT2D eigenvalue weighted by Crippen LogP contribution is 2.20. The molecule has 0 saturated heterocycles. The number of rotatable bonds is 5. The van der Waals surface area contributed by atoms with E-state index in [2.05, 4.69) is 22.6 Å². The molecule has 0 saturated carbocycles. The van der Waals surface area contributed by atoms with Gasteiger partial charge in [-0.2, -0.15) is 0 Å². The Labute approximate surface area is 106 Å². The van der Waals surface area contributed by atoms with Gasteiger partial charge < -0.3 is 5.32 Å². The fourth-order valence-electron chi connectivity index (χ4n) is 1.80. The molecule has 0 amide bonds. The van der Waals surface area contributed by atoms with Crippen LogP contribution >= 0.6 is 0 Å². The molecule has 1 heterocycles. The summed E-state index contributed by atoms with van der Waals surface area (Å²) in [6.45, 7) is 3.54. The first-order valence-electron chi connectivity index (χ1n) is 6.06. The van der Waals surface area contributed by atoms with Crippen molar-refractivity contribution < 1.29 is 4.39 Å². The van der Waals surface area contributed by atoms with Gasteiger partial charge in [-0.25, -0.2) is 9.07 Å². The van der Waals surface area contributed by atoms with Crippen molar-refractivity contribution in [2.45, 2.75) is 19.9 Å². The maximum absolute atomic E-state index is 13.9. The van der Waals surface area contributed by atoms with Crippen molar-refractivity contribution in [3.8, 4) is 11.3 Å². The molecule has 0 bridgehead atoms. The number of hydrogen-bond acceptors (Lipinski definition) is 3. The van der Waals surface area contributed by atoms with E-state index in [-0.39, 0.29) is 5.82 Å². The third kappa shape index (κ3) is 2.73. The van der Waals surface area contributed by atoms with E-state index in [0.29, 0.717) is 12.1 Å². The van der Waals surface area contributed by atoms with E-state index >= 15 is 0 Å². The Morgan fingerprint density at radius 3 is 2.83 bits per heavy atom. The Balaban J connectivity index is 2.17. The van der Waals surface area contributed by atoms with Crippen LogP contribution in [0, 0.1) is 5.82 Å². The largest absolute Gasteiger partial charge is 0.313 e. The van der Waals surface area contributed by atoms with Crippen LogP contribution in [-0.4, -0.2) is 21.5 Å². The van der Waals surface area contributed by atoms with Gasteiger partial charge in [0.25, 0.3) is 0 Å². The first-order chi connectivity index (χ1) is 8.72. The van der Waals surface area contributed by atoms with Gasteiger partial charge in [-0.15, -0.1) is 5.10 Å². The second-order valence-electron chi connectivity index (χ2n) is 4.23. The molecule has 0 spiro atoms. The zero-order valence-corrected chi connectivity index (χ0v) is 10.7. The number of nitrogens with one attached hydrogen (secondary N) is 1. The molecule has 0 unspecified atom stereocenters. The Morgan fingerprint density at radius 1 is 1.39 bits per heavy atom. The molecule has 18 heavy (non-hydrogen) atoms. The van der Waals surface area contributed by atoms with Gasteiger partial charge in [0.05, 0.1) is 11.9 Å². The molecular weight excluding hydrogens is 231 g/mol. The zero-order valence-electron chi connectivity index (χ0n) is 10.7. The third-order valence-corrected chi connectivity index (χ3v) is 2.81. The van der Waals surface area contributed by atoms with Crippen molar-refractivity contribution >= 4 is 0 Å². The number of aryl methyl sites for hydroxylation is 1. The van der Waals surface area contributed by atoms with Crippen molar-refractivity contribution in [3.05, 3.63) is 35.8 Å². The highest BCUT2D eigenvalue weighted by atomic mass is 19.1. The van der Waals surface area contributed by atoms with E-state index in [1.54, 1.807) is 24.0 Å². The van der Waals surface area contributed by atoms with Gasteiger partial charge in [-0.3, -0.25) is 0 Å². The van der Waals surface area contributed by atoms with Gasteiger partial charge in [-0.05, 0) is 19.0 Å². The summed E-state index contributed by atoms with van der Waals surface area (Å²) in [5.41, 5.74) is 2.28. The molecule has 0 aliphatic carbocycles. The first kappa shape index (κ1) is 12.7. The highest BCUT2D eigenvalue weighted by molar-refractivity contribution is 5.58. The number of nitrogens with zero attached hydrogens (tertiary/aromatic N) is 3. The standard InChI is InChI=1S/C13H17FN4/c1-3-6-15-8-11-5-4-10(7-12(11)14)13-9-16-17-18(13)2/h4-5,7,9,15H,3,6,8H2,1-2H3. The average Bonchev–Trinajstić information content (AvgIpc) is 2.78. The third-order valence-electron chi connectivity index (χ3n) is 2.81. The van der Waals surface area contributed by atoms with Crippen LogP contribution in [0.3, 0.4) is 0 Å². The number of halogens is 1. The molecule has 2 aromatic rings. The summed E-state index contributed by atoms with van der Waals surface area (Å²) in [6.07, 6.45) is 2.67. The Bertz CT molecular complexity index is 521. The van der Waals surface area contributed by atoms with Crippen molar-refractivity contribution in [2.75, 3.05) is 6.54 Å². The fraction of sp³-hybridized carbons (Fsp3) is 0.385. The minimum absolute atomic E-state index is 0.197. The van der Waals surface area contributed by atoms with Crippen molar-refractivity contribution in [1.29, 1.82) is 0 Å². The van der Waals surface area contributed by atoms with Crippen LogP contribution in [0.5, 0.6) is 0 Å². The second kappa shape index (κ2) is 5.73.